The molecule has 2 aromatic rings. The number of rotatable bonds is 6. The summed E-state index contributed by atoms with van der Waals surface area (Å²) in [6.45, 7) is 4.10. The number of anilines is 1. The summed E-state index contributed by atoms with van der Waals surface area (Å²) in [4.78, 5) is 17.0. The molecule has 3 N–H and O–H groups in total. The Balaban J connectivity index is 1.15. The predicted molar refractivity (Wildman–Crippen MR) is 131 cm³/mol. The molecule has 0 bridgehead atoms. The van der Waals surface area contributed by atoms with E-state index in [-0.39, 0.29) is 11.7 Å². The van der Waals surface area contributed by atoms with Gasteiger partial charge in [-0.25, -0.2) is 15.2 Å². The Bertz CT molecular complexity index is 1080. The molecule has 2 atom stereocenters. The molecule has 9 heteroatoms. The van der Waals surface area contributed by atoms with Crippen molar-refractivity contribution in [3.05, 3.63) is 71.3 Å². The number of likely N-dealkylation sites (tertiary alicyclic amines) is 1. The van der Waals surface area contributed by atoms with Crippen molar-refractivity contribution in [3.63, 3.8) is 0 Å². The van der Waals surface area contributed by atoms with Gasteiger partial charge in [-0.2, -0.15) is 0 Å². The summed E-state index contributed by atoms with van der Waals surface area (Å²) in [6.07, 6.45) is 3.59. The summed E-state index contributed by atoms with van der Waals surface area (Å²) >= 11 is 0. The largest absolute Gasteiger partial charge is 0.495 e. The molecule has 35 heavy (non-hydrogen) atoms. The van der Waals surface area contributed by atoms with Gasteiger partial charge in [0.2, 0.25) is 6.23 Å². The smallest absolute Gasteiger partial charge is 0.268 e. The fraction of sp³-hybridized carbons (Fsp3) is 0.423. The van der Waals surface area contributed by atoms with Crippen molar-refractivity contribution in [2.45, 2.75) is 38.6 Å². The number of allylic oxidation sites excluding steroid dienone is 1. The number of ether oxygens (including phenoxy) is 2. The molecule has 0 aromatic heterocycles. The van der Waals surface area contributed by atoms with Crippen LogP contribution in [0.15, 0.2) is 54.4 Å². The molecule has 3 aliphatic rings. The molecule has 1 amide bonds. The second-order valence-electron chi connectivity index (χ2n) is 9.33. The summed E-state index contributed by atoms with van der Waals surface area (Å²) in [6, 6.07) is 12.6. The fourth-order valence-corrected chi connectivity index (χ4v) is 4.90. The molecule has 2 aromatic carbocycles. The first-order valence-electron chi connectivity index (χ1n) is 12.1. The Hall–Kier alpha value is -3.14. The summed E-state index contributed by atoms with van der Waals surface area (Å²) in [5.41, 5.74) is 10.2. The van der Waals surface area contributed by atoms with Gasteiger partial charge in [0.25, 0.3) is 5.91 Å². The van der Waals surface area contributed by atoms with E-state index in [1.807, 2.05) is 48.4 Å². The number of carbonyl (C=O) groups is 1. The normalized spacial score (nSPS) is 22.8. The van der Waals surface area contributed by atoms with Gasteiger partial charge in [0, 0.05) is 30.5 Å². The lowest BCUT2D eigenvalue weighted by atomic mass is 9.90. The van der Waals surface area contributed by atoms with Crippen LogP contribution < -0.4 is 25.8 Å². The maximum atomic E-state index is 13.1. The lowest BCUT2D eigenvalue weighted by Crippen LogP contribution is -2.49. The minimum Gasteiger partial charge on any atom is -0.495 e. The second kappa shape index (κ2) is 10.2. The van der Waals surface area contributed by atoms with Gasteiger partial charge < -0.3 is 24.6 Å². The van der Waals surface area contributed by atoms with Crippen LogP contribution in [0, 0.1) is 11.7 Å². The van der Waals surface area contributed by atoms with Crippen LogP contribution in [0.5, 0.6) is 5.75 Å². The third-order valence-electron chi connectivity index (χ3n) is 6.90. The lowest BCUT2D eigenvalue weighted by molar-refractivity contribution is -0.145. The van der Waals surface area contributed by atoms with E-state index in [4.69, 9.17) is 9.47 Å². The lowest BCUT2D eigenvalue weighted by Gasteiger charge is -2.33. The van der Waals surface area contributed by atoms with Crippen molar-refractivity contribution >= 4 is 11.6 Å². The number of methoxy groups -OCH3 is 1. The first-order valence-corrected chi connectivity index (χ1v) is 12.1. The minimum atomic E-state index is -0.743. The summed E-state index contributed by atoms with van der Waals surface area (Å²) in [5.74, 6) is 0.949. The van der Waals surface area contributed by atoms with Crippen molar-refractivity contribution in [1.82, 2.24) is 21.1 Å². The standard InChI is InChI=1S/C26H32FN5O3/c1-17-15-32(16-28-17)22-8-5-20(14-23(22)34-2)24-29-30-25(35-24)26(33)31-11-9-19(10-12-31)13-18-3-6-21(27)7-4-18/h3-8,14-15,19,24-25,28-30H,9-13,16H2,1-2H3. The van der Waals surface area contributed by atoms with Gasteiger partial charge in [-0.1, -0.05) is 18.2 Å². The molecule has 2 fully saturated rings. The van der Waals surface area contributed by atoms with E-state index in [9.17, 15) is 9.18 Å². The van der Waals surface area contributed by atoms with Gasteiger partial charge in [-0.05, 0) is 61.9 Å². The van der Waals surface area contributed by atoms with Crippen LogP contribution in [-0.4, -0.2) is 43.9 Å². The van der Waals surface area contributed by atoms with Crippen LogP contribution in [0.25, 0.3) is 0 Å². The van der Waals surface area contributed by atoms with Crippen molar-refractivity contribution in [3.8, 4) is 5.75 Å². The van der Waals surface area contributed by atoms with Gasteiger partial charge in [-0.15, -0.1) is 0 Å². The van der Waals surface area contributed by atoms with E-state index < -0.39 is 12.5 Å². The van der Waals surface area contributed by atoms with Crippen molar-refractivity contribution in [2.75, 3.05) is 31.8 Å². The number of hydrogen-bond acceptors (Lipinski definition) is 7. The zero-order valence-corrected chi connectivity index (χ0v) is 20.1. The number of hydrogen-bond donors (Lipinski definition) is 3. The highest BCUT2D eigenvalue weighted by molar-refractivity contribution is 5.80. The van der Waals surface area contributed by atoms with E-state index in [0.29, 0.717) is 25.7 Å². The Kier molecular flexibility index (Phi) is 6.90. The fourth-order valence-electron chi connectivity index (χ4n) is 4.90. The minimum absolute atomic E-state index is 0.0624. The Morgan fingerprint density at radius 3 is 2.60 bits per heavy atom. The molecule has 0 aliphatic carbocycles. The molecule has 0 radical (unpaired) electrons. The summed E-state index contributed by atoms with van der Waals surface area (Å²) < 4.78 is 24.8. The molecule has 186 valence electrons. The maximum Gasteiger partial charge on any atom is 0.268 e. The van der Waals surface area contributed by atoms with Crippen LogP contribution in [0.4, 0.5) is 10.1 Å². The number of halogens is 1. The van der Waals surface area contributed by atoms with E-state index in [0.717, 1.165) is 47.5 Å². The van der Waals surface area contributed by atoms with Crippen LogP contribution >= 0.6 is 0 Å². The van der Waals surface area contributed by atoms with Gasteiger partial charge in [0.05, 0.1) is 19.5 Å². The number of hydrazine groups is 1. The quantitative estimate of drug-likeness (QED) is 0.586. The van der Waals surface area contributed by atoms with Crippen LogP contribution in [0.3, 0.4) is 0 Å². The monoisotopic (exact) mass is 481 g/mol. The second-order valence-corrected chi connectivity index (χ2v) is 9.33. The molecule has 0 spiro atoms. The van der Waals surface area contributed by atoms with Gasteiger partial charge in [0.15, 0.2) is 0 Å². The Morgan fingerprint density at radius 2 is 1.91 bits per heavy atom. The highest BCUT2D eigenvalue weighted by atomic mass is 19.1. The van der Waals surface area contributed by atoms with Crippen molar-refractivity contribution in [1.29, 1.82) is 0 Å². The molecule has 0 saturated carbocycles. The van der Waals surface area contributed by atoms with Gasteiger partial charge >= 0.3 is 0 Å². The topological polar surface area (TPSA) is 78.1 Å². The zero-order chi connectivity index (χ0) is 24.4. The van der Waals surface area contributed by atoms with E-state index in [1.54, 1.807) is 7.11 Å². The van der Waals surface area contributed by atoms with E-state index >= 15 is 0 Å². The molecule has 2 unspecified atom stereocenters. The Labute approximate surface area is 205 Å². The molecule has 8 nitrogen and oxygen atoms in total. The summed E-state index contributed by atoms with van der Waals surface area (Å²) in [5, 5.41) is 3.28. The Morgan fingerprint density at radius 1 is 1.14 bits per heavy atom. The third kappa shape index (κ3) is 5.27. The number of piperidine rings is 1. The molecular formula is C26H32FN5O3. The number of carbonyl (C=O) groups excluding carboxylic acids is 1. The average molecular weight is 482 g/mol. The van der Waals surface area contributed by atoms with Gasteiger partial charge in [-0.3, -0.25) is 4.79 Å². The molecular weight excluding hydrogens is 449 g/mol. The molecule has 5 rings (SSSR count). The molecule has 3 aliphatic heterocycles. The highest BCUT2D eigenvalue weighted by Gasteiger charge is 2.35. The average Bonchev–Trinajstić information content (AvgIpc) is 3.55. The van der Waals surface area contributed by atoms with Crippen LogP contribution in [-0.2, 0) is 16.0 Å². The van der Waals surface area contributed by atoms with Crippen molar-refractivity contribution < 1.29 is 18.7 Å². The number of amides is 1. The number of benzene rings is 2. The van der Waals surface area contributed by atoms with E-state index in [2.05, 4.69) is 21.1 Å². The van der Waals surface area contributed by atoms with Crippen LogP contribution in [0.1, 0.15) is 37.1 Å². The van der Waals surface area contributed by atoms with Crippen molar-refractivity contribution in [2.24, 2.45) is 5.92 Å². The number of nitrogens with one attached hydrogen (secondary N) is 3. The molecule has 2 saturated heterocycles. The zero-order valence-electron chi connectivity index (χ0n) is 20.1. The third-order valence-corrected chi connectivity index (χ3v) is 6.90. The highest BCUT2D eigenvalue weighted by Crippen LogP contribution is 2.34. The predicted octanol–water partition coefficient (Wildman–Crippen LogP) is 2.99. The molecule has 3 heterocycles. The van der Waals surface area contributed by atoms with E-state index in [1.165, 1.54) is 12.1 Å². The first-order chi connectivity index (χ1) is 17.0. The SMILES string of the molecule is COc1cc(C2NNC(C(=O)N3CCC(Cc4ccc(F)cc4)CC3)O2)ccc1N1C=C(C)NC1. The number of nitrogens with zero attached hydrogens (tertiary/aromatic N) is 2. The first kappa shape index (κ1) is 23.6. The van der Waals surface area contributed by atoms with Gasteiger partial charge in [0.1, 0.15) is 17.8 Å². The van der Waals surface area contributed by atoms with Crippen LogP contribution in [0.2, 0.25) is 0 Å². The summed E-state index contributed by atoms with van der Waals surface area (Å²) in [7, 11) is 1.65. The maximum absolute atomic E-state index is 13.1.